The van der Waals surface area contributed by atoms with Crippen LogP contribution in [0.4, 0.5) is 0 Å². The zero-order chi connectivity index (χ0) is 16.6. The van der Waals surface area contributed by atoms with Crippen LogP contribution in [0.5, 0.6) is 0 Å². The summed E-state index contributed by atoms with van der Waals surface area (Å²) in [5.41, 5.74) is 2.50. The Morgan fingerprint density at radius 1 is 1.21 bits per heavy atom. The van der Waals surface area contributed by atoms with Crippen molar-refractivity contribution in [2.45, 2.75) is 50.0 Å². The van der Waals surface area contributed by atoms with Gasteiger partial charge in [-0.25, -0.2) is 18.1 Å². The minimum Gasteiger partial charge on any atom is -0.335 e. The van der Waals surface area contributed by atoms with Crippen LogP contribution in [-0.2, 0) is 35.8 Å². The van der Waals surface area contributed by atoms with E-state index in [9.17, 15) is 8.42 Å². The van der Waals surface area contributed by atoms with Gasteiger partial charge < -0.3 is 4.57 Å². The van der Waals surface area contributed by atoms with Crippen molar-refractivity contribution in [1.82, 2.24) is 14.3 Å². The van der Waals surface area contributed by atoms with Crippen molar-refractivity contribution in [1.29, 1.82) is 0 Å². The monoisotopic (exact) mass is 345 g/mol. The second kappa shape index (κ2) is 6.33. The molecule has 0 fully saturated rings. The summed E-state index contributed by atoms with van der Waals surface area (Å²) in [5, 5.41) is 0. The van der Waals surface area contributed by atoms with E-state index in [4.69, 9.17) is 0 Å². The zero-order valence-electron chi connectivity index (χ0n) is 13.7. The second-order valence-corrected chi connectivity index (χ2v) is 8.65. The van der Waals surface area contributed by atoms with E-state index >= 15 is 0 Å². The van der Waals surface area contributed by atoms with Gasteiger partial charge in [-0.15, -0.1) is 0 Å². The molecular weight excluding hydrogens is 322 g/mol. The first-order chi connectivity index (χ1) is 11.6. The smallest absolute Gasteiger partial charge is 0.240 e. The Hall–Kier alpha value is -1.66. The number of nitrogens with zero attached hydrogens (tertiary/aromatic N) is 2. The molecule has 6 heteroatoms. The quantitative estimate of drug-likeness (QED) is 0.925. The maximum Gasteiger partial charge on any atom is 0.240 e. The van der Waals surface area contributed by atoms with E-state index in [1.807, 2.05) is 24.5 Å². The van der Waals surface area contributed by atoms with Crippen molar-refractivity contribution in [3.05, 3.63) is 47.5 Å². The molecule has 2 heterocycles. The number of hydrogen-bond acceptors (Lipinski definition) is 3. The van der Waals surface area contributed by atoms with Gasteiger partial charge in [0, 0.05) is 31.9 Å². The molecule has 0 spiro atoms. The van der Waals surface area contributed by atoms with Crippen molar-refractivity contribution in [2.75, 3.05) is 6.54 Å². The normalized spacial score (nSPS) is 20.4. The minimum atomic E-state index is -3.43. The first-order valence-electron chi connectivity index (χ1n) is 8.73. The van der Waals surface area contributed by atoms with Gasteiger partial charge in [0.05, 0.1) is 4.90 Å². The van der Waals surface area contributed by atoms with Gasteiger partial charge >= 0.3 is 0 Å². The van der Waals surface area contributed by atoms with Crippen LogP contribution in [0.1, 0.15) is 36.2 Å². The van der Waals surface area contributed by atoms with Gasteiger partial charge in [-0.3, -0.25) is 0 Å². The molecule has 1 N–H and O–H groups in total. The Morgan fingerprint density at radius 2 is 2.04 bits per heavy atom. The fraction of sp³-hybridized carbons (Fsp3) is 0.500. The Kier molecular flexibility index (Phi) is 4.18. The molecule has 0 bridgehead atoms. The summed E-state index contributed by atoms with van der Waals surface area (Å²) in [4.78, 5) is 4.75. The van der Waals surface area contributed by atoms with E-state index in [-0.39, 0.29) is 0 Å². The lowest BCUT2D eigenvalue weighted by atomic mass is 9.92. The number of nitrogens with one attached hydrogen (secondary N) is 1. The third kappa shape index (κ3) is 3.13. The Bertz CT molecular complexity index is 842. The van der Waals surface area contributed by atoms with Gasteiger partial charge in [0.2, 0.25) is 10.0 Å². The first kappa shape index (κ1) is 15.8. The average Bonchev–Trinajstić information content (AvgIpc) is 3.07. The fourth-order valence-electron chi connectivity index (χ4n) is 3.78. The van der Waals surface area contributed by atoms with Gasteiger partial charge in [-0.05, 0) is 61.3 Å². The topological polar surface area (TPSA) is 64.0 Å². The number of hydrogen-bond donors (Lipinski definition) is 1. The number of sulfonamides is 1. The molecule has 2 aliphatic rings. The van der Waals surface area contributed by atoms with E-state index < -0.39 is 10.0 Å². The highest BCUT2D eigenvalue weighted by atomic mass is 32.2. The summed E-state index contributed by atoms with van der Waals surface area (Å²) in [6, 6.07) is 5.60. The third-order valence-corrected chi connectivity index (χ3v) is 6.66. The van der Waals surface area contributed by atoms with Crippen LogP contribution in [0.2, 0.25) is 0 Å². The average molecular weight is 345 g/mol. The number of benzene rings is 1. The number of rotatable bonds is 4. The molecular formula is C18H23N3O2S. The molecule has 0 saturated carbocycles. The summed E-state index contributed by atoms with van der Waals surface area (Å²) in [6.45, 7) is 1.40. The maximum atomic E-state index is 12.6. The van der Waals surface area contributed by atoms with Gasteiger partial charge in [-0.1, -0.05) is 6.07 Å². The van der Waals surface area contributed by atoms with Crippen LogP contribution >= 0.6 is 0 Å². The van der Waals surface area contributed by atoms with Crippen molar-refractivity contribution in [3.8, 4) is 0 Å². The molecule has 1 aromatic heterocycles. The summed E-state index contributed by atoms with van der Waals surface area (Å²) < 4.78 is 30.2. The minimum absolute atomic E-state index is 0.312. The molecule has 1 aliphatic carbocycles. The SMILES string of the molecule is O=S(=O)(NCC1CCn2ccnc2C1)c1ccc2c(c1)CCCC2. The number of aryl methyl sites for hydroxylation is 3. The predicted molar refractivity (Wildman–Crippen MR) is 92.3 cm³/mol. The lowest BCUT2D eigenvalue weighted by Crippen LogP contribution is -2.33. The molecule has 24 heavy (non-hydrogen) atoms. The lowest BCUT2D eigenvalue weighted by Gasteiger charge is -2.23. The molecule has 1 aliphatic heterocycles. The van der Waals surface area contributed by atoms with E-state index in [0.29, 0.717) is 17.4 Å². The van der Waals surface area contributed by atoms with Crippen LogP contribution < -0.4 is 4.72 Å². The van der Waals surface area contributed by atoms with Crippen LogP contribution in [0, 0.1) is 5.92 Å². The number of fused-ring (bicyclic) bond motifs is 2. The van der Waals surface area contributed by atoms with E-state index in [1.54, 1.807) is 6.07 Å². The van der Waals surface area contributed by atoms with Crippen molar-refractivity contribution < 1.29 is 8.42 Å². The second-order valence-electron chi connectivity index (χ2n) is 6.89. The maximum absolute atomic E-state index is 12.6. The van der Waals surface area contributed by atoms with E-state index in [2.05, 4.69) is 14.3 Å². The van der Waals surface area contributed by atoms with Gasteiger partial charge in [0.25, 0.3) is 0 Å². The van der Waals surface area contributed by atoms with Crippen molar-refractivity contribution >= 4 is 10.0 Å². The molecule has 0 radical (unpaired) electrons. The molecule has 5 nitrogen and oxygen atoms in total. The molecule has 1 unspecified atom stereocenters. The highest BCUT2D eigenvalue weighted by Crippen LogP contribution is 2.24. The Balaban J connectivity index is 1.44. The number of aromatic nitrogens is 2. The molecule has 0 saturated heterocycles. The van der Waals surface area contributed by atoms with E-state index in [1.165, 1.54) is 17.5 Å². The Morgan fingerprint density at radius 3 is 2.92 bits per heavy atom. The van der Waals surface area contributed by atoms with E-state index in [0.717, 1.165) is 44.5 Å². The number of imidazole rings is 1. The van der Waals surface area contributed by atoms with Crippen LogP contribution in [0.15, 0.2) is 35.5 Å². The molecule has 2 aromatic rings. The third-order valence-electron chi connectivity index (χ3n) is 5.24. The fourth-order valence-corrected chi connectivity index (χ4v) is 4.94. The highest BCUT2D eigenvalue weighted by molar-refractivity contribution is 7.89. The summed E-state index contributed by atoms with van der Waals surface area (Å²) >= 11 is 0. The highest BCUT2D eigenvalue weighted by Gasteiger charge is 2.23. The summed E-state index contributed by atoms with van der Waals surface area (Å²) in [7, 11) is -3.43. The van der Waals surface area contributed by atoms with Crippen LogP contribution in [0.25, 0.3) is 0 Å². The summed E-state index contributed by atoms with van der Waals surface area (Å²) in [6.07, 6.45) is 10.0. The van der Waals surface area contributed by atoms with Gasteiger partial charge in [0.1, 0.15) is 5.82 Å². The standard InChI is InChI=1S/C18H23N3O2S/c22-24(23,17-6-5-15-3-1-2-4-16(15)12-17)20-13-14-7-9-21-10-8-19-18(21)11-14/h5-6,8,10,12,14,20H,1-4,7,9,11,13H2. The van der Waals surface area contributed by atoms with Gasteiger partial charge in [0.15, 0.2) is 0 Å². The lowest BCUT2D eigenvalue weighted by molar-refractivity contribution is 0.379. The molecule has 1 aromatic carbocycles. The summed E-state index contributed by atoms with van der Waals surface area (Å²) in [5.74, 6) is 1.37. The molecule has 128 valence electrons. The first-order valence-corrected chi connectivity index (χ1v) is 10.2. The molecule has 0 amide bonds. The zero-order valence-corrected chi connectivity index (χ0v) is 14.6. The molecule has 1 atom stereocenters. The van der Waals surface area contributed by atoms with Crippen molar-refractivity contribution in [3.63, 3.8) is 0 Å². The van der Waals surface area contributed by atoms with Crippen LogP contribution in [0.3, 0.4) is 0 Å². The van der Waals surface area contributed by atoms with Gasteiger partial charge in [-0.2, -0.15) is 0 Å². The Labute approximate surface area is 143 Å². The van der Waals surface area contributed by atoms with Crippen LogP contribution in [-0.4, -0.2) is 24.5 Å². The van der Waals surface area contributed by atoms with Crippen molar-refractivity contribution in [2.24, 2.45) is 5.92 Å². The largest absolute Gasteiger partial charge is 0.335 e. The molecule has 4 rings (SSSR count). The predicted octanol–water partition coefficient (Wildman–Crippen LogP) is 2.30.